The van der Waals surface area contributed by atoms with Crippen LogP contribution in [0.1, 0.15) is 35.5 Å². The Bertz CT molecular complexity index is 1100. The molecule has 0 aliphatic rings. The van der Waals surface area contributed by atoms with E-state index in [9.17, 15) is 18.5 Å². The van der Waals surface area contributed by atoms with Crippen LogP contribution in [0.3, 0.4) is 0 Å². The highest BCUT2D eigenvalue weighted by Crippen LogP contribution is 2.26. The van der Waals surface area contributed by atoms with Gasteiger partial charge in [-0.15, -0.1) is 0 Å². The van der Waals surface area contributed by atoms with Crippen molar-refractivity contribution in [3.8, 4) is 0 Å². The Morgan fingerprint density at radius 1 is 1.20 bits per heavy atom. The van der Waals surface area contributed by atoms with Gasteiger partial charge >= 0.3 is 0 Å². The minimum Gasteiger partial charge on any atom is -0.395 e. The highest BCUT2D eigenvalue weighted by atomic mass is 35.5. The van der Waals surface area contributed by atoms with E-state index in [2.05, 4.69) is 9.71 Å². The molecule has 0 saturated carbocycles. The van der Waals surface area contributed by atoms with Crippen molar-refractivity contribution in [3.05, 3.63) is 88.5 Å². The molecule has 1 unspecified atom stereocenters. The average Bonchev–Trinajstić information content (AvgIpc) is 2.73. The van der Waals surface area contributed by atoms with Crippen LogP contribution in [0.4, 0.5) is 10.1 Å². The molecular weight excluding hydrogens is 427 g/mol. The van der Waals surface area contributed by atoms with E-state index in [4.69, 9.17) is 11.6 Å². The fourth-order valence-electron chi connectivity index (χ4n) is 2.74. The van der Waals surface area contributed by atoms with Crippen molar-refractivity contribution in [3.63, 3.8) is 0 Å². The van der Waals surface area contributed by atoms with Crippen molar-refractivity contribution in [2.24, 2.45) is 0 Å². The number of hydrogen-bond acceptors (Lipinski definition) is 4. The number of ketones is 1. The predicted molar refractivity (Wildman–Crippen MR) is 116 cm³/mol. The molecule has 5 nitrogen and oxygen atoms in total. The molecule has 1 heterocycles. The van der Waals surface area contributed by atoms with E-state index in [1.54, 1.807) is 24.3 Å². The first kappa shape index (κ1) is 22.1. The normalized spacial score (nSPS) is 12.4. The monoisotopic (exact) mass is 446 g/mol. The molecule has 30 heavy (non-hydrogen) atoms. The van der Waals surface area contributed by atoms with Gasteiger partial charge in [-0.25, -0.2) is 13.6 Å². The third-order valence-electron chi connectivity index (χ3n) is 4.60. The summed E-state index contributed by atoms with van der Waals surface area (Å²) < 4.78 is 29.1. The summed E-state index contributed by atoms with van der Waals surface area (Å²) in [6.45, 7) is 3.78. The summed E-state index contributed by atoms with van der Waals surface area (Å²) in [5.74, 6) is -1.07. The smallest absolute Gasteiger partial charge is 0.213 e. The number of hydrogen-bond donors (Lipinski definition) is 2. The number of aliphatic hydroxyl groups excluding tert-OH is 1. The van der Waals surface area contributed by atoms with Gasteiger partial charge in [0.15, 0.2) is 0 Å². The van der Waals surface area contributed by atoms with Gasteiger partial charge in [-0.1, -0.05) is 49.7 Å². The Hall–Kier alpha value is -2.61. The van der Waals surface area contributed by atoms with E-state index in [-0.39, 0.29) is 28.6 Å². The Kier molecular flexibility index (Phi) is 6.65. The van der Waals surface area contributed by atoms with Crippen LogP contribution < -0.4 is 4.72 Å². The Morgan fingerprint density at radius 3 is 2.53 bits per heavy atom. The maximum Gasteiger partial charge on any atom is 0.213 e. The van der Waals surface area contributed by atoms with Gasteiger partial charge in [0, 0.05) is 17.2 Å². The van der Waals surface area contributed by atoms with Gasteiger partial charge in [-0.3, -0.25) is 9.52 Å². The third kappa shape index (κ3) is 4.92. The van der Waals surface area contributed by atoms with E-state index in [1.165, 1.54) is 30.5 Å². The molecule has 2 aromatic carbocycles. The maximum absolute atomic E-state index is 13.5. The highest BCUT2D eigenvalue weighted by Gasteiger charge is 2.21. The molecule has 0 radical (unpaired) electrons. The minimum atomic E-state index is -1.70. The summed E-state index contributed by atoms with van der Waals surface area (Å²) >= 11 is 6.01. The minimum absolute atomic E-state index is 0.0172. The first-order valence-corrected chi connectivity index (χ1v) is 10.6. The topological polar surface area (TPSA) is 79.3 Å². The zero-order chi connectivity index (χ0) is 21.9. The summed E-state index contributed by atoms with van der Waals surface area (Å²) in [6.07, 6.45) is 1.30. The highest BCUT2D eigenvalue weighted by molar-refractivity contribution is 7.86. The van der Waals surface area contributed by atoms with Crippen molar-refractivity contribution in [1.29, 1.82) is 0 Å². The van der Waals surface area contributed by atoms with Crippen molar-refractivity contribution >= 4 is 34.1 Å². The van der Waals surface area contributed by atoms with Crippen molar-refractivity contribution in [1.82, 2.24) is 4.98 Å². The van der Waals surface area contributed by atoms with Crippen molar-refractivity contribution < 1.29 is 18.5 Å². The lowest BCUT2D eigenvalue weighted by molar-refractivity contribution is 0.103. The Morgan fingerprint density at radius 2 is 1.90 bits per heavy atom. The van der Waals surface area contributed by atoms with Gasteiger partial charge in [-0.2, -0.15) is 0 Å². The summed E-state index contributed by atoms with van der Waals surface area (Å²) in [5.41, 5.74) is 0.757. The van der Waals surface area contributed by atoms with Crippen LogP contribution in [-0.2, 0) is 16.4 Å². The van der Waals surface area contributed by atoms with Crippen LogP contribution in [0, 0.1) is 5.82 Å². The maximum atomic E-state index is 13.5. The SMILES string of the molecule is CC(C)(CO)c1ccc(S(=O)Nc2cc(Cl)cnc2C(=O)c2cccc(F)c2)cc1. The van der Waals surface area contributed by atoms with Gasteiger partial charge in [0.25, 0.3) is 0 Å². The van der Waals surface area contributed by atoms with Crippen LogP contribution in [0.5, 0.6) is 0 Å². The number of aliphatic hydroxyl groups is 1. The molecule has 0 aliphatic heterocycles. The molecule has 0 fully saturated rings. The molecule has 0 saturated heterocycles. The second-order valence-electron chi connectivity index (χ2n) is 7.33. The molecule has 156 valence electrons. The molecule has 0 spiro atoms. The lowest BCUT2D eigenvalue weighted by atomic mass is 9.86. The molecule has 8 heteroatoms. The molecule has 0 amide bonds. The van der Waals surface area contributed by atoms with Crippen LogP contribution in [-0.4, -0.2) is 26.7 Å². The molecule has 3 aromatic rings. The molecule has 1 aromatic heterocycles. The third-order valence-corrected chi connectivity index (χ3v) is 5.92. The number of carbonyl (C=O) groups is 1. The van der Waals surface area contributed by atoms with E-state index in [1.807, 2.05) is 13.8 Å². The van der Waals surface area contributed by atoms with Crippen LogP contribution in [0.25, 0.3) is 0 Å². The summed E-state index contributed by atoms with van der Waals surface area (Å²) in [6, 6.07) is 13.7. The van der Waals surface area contributed by atoms with Gasteiger partial charge < -0.3 is 5.11 Å². The molecule has 3 rings (SSSR count). The standard InChI is InChI=1S/C22H20ClFN2O3S/c1-22(2,13-27)15-6-8-18(9-7-15)30(29)26-19-11-16(23)12-25-20(19)21(28)14-4-3-5-17(24)10-14/h3-12,26-27H,13H2,1-2H3. The lowest BCUT2D eigenvalue weighted by Gasteiger charge is -2.22. The zero-order valence-corrected chi connectivity index (χ0v) is 17.9. The van der Waals surface area contributed by atoms with Crippen molar-refractivity contribution in [2.45, 2.75) is 24.2 Å². The number of pyridine rings is 1. The number of anilines is 1. The number of carbonyl (C=O) groups excluding carboxylic acids is 1. The van der Waals surface area contributed by atoms with E-state index >= 15 is 0 Å². The first-order chi connectivity index (χ1) is 14.2. The zero-order valence-electron chi connectivity index (χ0n) is 16.4. The fraction of sp³-hybridized carbons (Fsp3) is 0.182. The largest absolute Gasteiger partial charge is 0.395 e. The summed E-state index contributed by atoms with van der Waals surface area (Å²) in [7, 11) is -1.70. The molecule has 1 atom stereocenters. The van der Waals surface area contributed by atoms with Crippen LogP contribution in [0.2, 0.25) is 5.02 Å². The van der Waals surface area contributed by atoms with Crippen molar-refractivity contribution in [2.75, 3.05) is 11.3 Å². The van der Waals surface area contributed by atoms with Crippen LogP contribution in [0.15, 0.2) is 65.7 Å². The van der Waals surface area contributed by atoms with Crippen LogP contribution >= 0.6 is 11.6 Å². The number of halogens is 2. The van der Waals surface area contributed by atoms with Gasteiger partial charge in [-0.05, 0) is 35.9 Å². The van der Waals surface area contributed by atoms with Gasteiger partial charge in [0.2, 0.25) is 5.78 Å². The number of nitrogens with one attached hydrogen (secondary N) is 1. The predicted octanol–water partition coefficient (Wildman–Crippen LogP) is 4.51. The average molecular weight is 447 g/mol. The summed E-state index contributed by atoms with van der Waals surface area (Å²) in [4.78, 5) is 17.3. The number of rotatable bonds is 7. The number of aromatic nitrogens is 1. The van der Waals surface area contributed by atoms with Gasteiger partial charge in [0.05, 0.1) is 22.2 Å². The second kappa shape index (κ2) is 9.04. The van der Waals surface area contributed by atoms with Gasteiger partial charge in [0.1, 0.15) is 22.5 Å². The Labute approximate surface area is 181 Å². The van der Waals surface area contributed by atoms with E-state index in [0.29, 0.717) is 4.90 Å². The van der Waals surface area contributed by atoms with E-state index in [0.717, 1.165) is 11.6 Å². The molecular formula is C22H20ClFN2O3S. The first-order valence-electron chi connectivity index (χ1n) is 9.07. The fourth-order valence-corrected chi connectivity index (χ4v) is 3.76. The Balaban J connectivity index is 1.88. The molecule has 0 aliphatic carbocycles. The molecule has 2 N–H and O–H groups in total. The quantitative estimate of drug-likeness (QED) is 0.523. The number of benzene rings is 2. The lowest BCUT2D eigenvalue weighted by Crippen LogP contribution is -2.22. The number of nitrogens with zero attached hydrogens (tertiary/aromatic N) is 1. The van der Waals surface area contributed by atoms with E-state index < -0.39 is 28.0 Å². The molecule has 0 bridgehead atoms. The summed E-state index contributed by atoms with van der Waals surface area (Å²) in [5, 5.41) is 9.75. The second-order valence-corrected chi connectivity index (χ2v) is 8.98.